The minimum atomic E-state index is -4.42. The molecular weight excluding hydrogens is 363 g/mol. The van der Waals surface area contributed by atoms with Crippen LogP contribution in [0.15, 0.2) is 91.0 Å². The molecule has 0 heterocycles. The number of para-hydroxylation sites is 1. The van der Waals surface area contributed by atoms with E-state index in [0.29, 0.717) is 17.8 Å². The van der Waals surface area contributed by atoms with E-state index in [-0.39, 0.29) is 5.91 Å². The second kappa shape index (κ2) is 8.57. The first-order valence-electron chi connectivity index (χ1n) is 8.69. The summed E-state index contributed by atoms with van der Waals surface area (Å²) < 4.78 is 38.6. The van der Waals surface area contributed by atoms with Gasteiger partial charge in [0.1, 0.15) is 0 Å². The fraction of sp³-hybridized carbons (Fsp3) is 0.0870. The van der Waals surface area contributed by atoms with Crippen molar-refractivity contribution in [2.45, 2.75) is 12.7 Å². The smallest absolute Gasteiger partial charge is 0.304 e. The molecule has 0 aliphatic rings. The largest absolute Gasteiger partial charge is 0.416 e. The summed E-state index contributed by atoms with van der Waals surface area (Å²) in [6, 6.07) is 23.5. The molecule has 0 saturated heterocycles. The highest BCUT2D eigenvalue weighted by Crippen LogP contribution is 2.29. The van der Waals surface area contributed by atoms with Gasteiger partial charge < -0.3 is 4.90 Å². The first kappa shape index (κ1) is 19.4. The van der Waals surface area contributed by atoms with Gasteiger partial charge in [-0.3, -0.25) is 4.79 Å². The molecule has 1 amide bonds. The highest BCUT2D eigenvalue weighted by Gasteiger charge is 2.30. The van der Waals surface area contributed by atoms with Crippen molar-refractivity contribution < 1.29 is 18.0 Å². The molecule has 2 nitrogen and oxygen atoms in total. The molecule has 3 aromatic rings. The van der Waals surface area contributed by atoms with Crippen LogP contribution in [0.3, 0.4) is 0 Å². The van der Waals surface area contributed by atoms with E-state index < -0.39 is 11.7 Å². The van der Waals surface area contributed by atoms with E-state index in [4.69, 9.17) is 0 Å². The van der Waals surface area contributed by atoms with Crippen LogP contribution in [0.2, 0.25) is 0 Å². The van der Waals surface area contributed by atoms with E-state index in [0.717, 1.165) is 17.7 Å². The summed E-state index contributed by atoms with van der Waals surface area (Å²) in [5.41, 5.74) is 1.24. The molecule has 3 rings (SSSR count). The molecular formula is C23H18F3NO. The van der Waals surface area contributed by atoms with Crippen molar-refractivity contribution >= 4 is 17.7 Å². The molecule has 0 aliphatic heterocycles. The van der Waals surface area contributed by atoms with Crippen LogP contribution in [-0.2, 0) is 17.5 Å². The zero-order valence-corrected chi connectivity index (χ0v) is 14.9. The standard InChI is InChI=1S/C23H18F3NO/c24-23(25,26)20-11-7-10-18(16-20)14-15-22(28)27(21-12-5-2-6-13-21)17-19-8-3-1-4-9-19/h1-16H,17H2. The van der Waals surface area contributed by atoms with E-state index in [2.05, 4.69) is 0 Å². The van der Waals surface area contributed by atoms with Crippen molar-refractivity contribution in [2.24, 2.45) is 0 Å². The van der Waals surface area contributed by atoms with Gasteiger partial charge in [-0.05, 0) is 41.5 Å². The predicted octanol–water partition coefficient (Wildman–Crippen LogP) is 5.95. The lowest BCUT2D eigenvalue weighted by Crippen LogP contribution is -2.28. The van der Waals surface area contributed by atoms with Gasteiger partial charge in [0.05, 0.1) is 12.1 Å². The lowest BCUT2D eigenvalue weighted by Gasteiger charge is -2.21. The van der Waals surface area contributed by atoms with Gasteiger partial charge in [0.25, 0.3) is 5.91 Å². The van der Waals surface area contributed by atoms with Crippen LogP contribution >= 0.6 is 0 Å². The van der Waals surface area contributed by atoms with Crippen LogP contribution in [0.1, 0.15) is 16.7 Å². The minimum Gasteiger partial charge on any atom is -0.304 e. The predicted molar refractivity (Wildman–Crippen MR) is 105 cm³/mol. The number of amides is 1. The molecule has 0 unspecified atom stereocenters. The topological polar surface area (TPSA) is 20.3 Å². The van der Waals surface area contributed by atoms with Crippen LogP contribution < -0.4 is 4.90 Å². The minimum absolute atomic E-state index is 0.313. The molecule has 0 spiro atoms. The normalized spacial score (nSPS) is 11.5. The number of hydrogen-bond acceptors (Lipinski definition) is 1. The highest BCUT2D eigenvalue weighted by atomic mass is 19.4. The van der Waals surface area contributed by atoms with Gasteiger partial charge in [0.15, 0.2) is 0 Å². The molecule has 0 radical (unpaired) electrons. The zero-order chi connectivity index (χ0) is 20.0. The number of carbonyl (C=O) groups is 1. The van der Waals surface area contributed by atoms with Crippen molar-refractivity contribution in [3.63, 3.8) is 0 Å². The summed E-state index contributed by atoms with van der Waals surface area (Å²) in [5.74, 6) is -0.313. The van der Waals surface area contributed by atoms with Crippen LogP contribution in [-0.4, -0.2) is 5.91 Å². The van der Waals surface area contributed by atoms with E-state index in [1.165, 1.54) is 24.3 Å². The molecule has 0 bridgehead atoms. The molecule has 3 aromatic carbocycles. The van der Waals surface area contributed by atoms with E-state index in [1.54, 1.807) is 4.90 Å². The van der Waals surface area contributed by atoms with Crippen molar-refractivity contribution in [3.05, 3.63) is 108 Å². The fourth-order valence-electron chi connectivity index (χ4n) is 2.75. The van der Waals surface area contributed by atoms with Crippen LogP contribution in [0.5, 0.6) is 0 Å². The van der Waals surface area contributed by atoms with E-state index >= 15 is 0 Å². The van der Waals surface area contributed by atoms with Crippen LogP contribution in [0.4, 0.5) is 18.9 Å². The van der Waals surface area contributed by atoms with Crippen LogP contribution in [0, 0.1) is 0 Å². The summed E-state index contributed by atoms with van der Waals surface area (Å²) in [4.78, 5) is 14.4. The number of halogens is 3. The molecule has 0 atom stereocenters. The number of carbonyl (C=O) groups excluding carboxylic acids is 1. The number of nitrogens with zero attached hydrogens (tertiary/aromatic N) is 1. The lowest BCUT2D eigenvalue weighted by atomic mass is 10.1. The van der Waals surface area contributed by atoms with Gasteiger partial charge in [-0.2, -0.15) is 13.2 Å². The Hall–Kier alpha value is -3.34. The number of benzene rings is 3. The number of anilines is 1. The molecule has 0 aliphatic carbocycles. The first-order valence-corrected chi connectivity index (χ1v) is 8.69. The maximum Gasteiger partial charge on any atom is 0.416 e. The van der Waals surface area contributed by atoms with Crippen molar-refractivity contribution in [1.29, 1.82) is 0 Å². The Morgan fingerprint density at radius 3 is 2.14 bits per heavy atom. The second-order valence-corrected chi connectivity index (χ2v) is 6.20. The number of rotatable bonds is 5. The van der Waals surface area contributed by atoms with E-state index in [9.17, 15) is 18.0 Å². The summed E-state index contributed by atoms with van der Waals surface area (Å²) in [5, 5.41) is 0. The second-order valence-electron chi connectivity index (χ2n) is 6.20. The summed E-state index contributed by atoms with van der Waals surface area (Å²) in [6.45, 7) is 0.358. The summed E-state index contributed by atoms with van der Waals surface area (Å²) in [6.07, 6.45) is -1.72. The van der Waals surface area contributed by atoms with Crippen LogP contribution in [0.25, 0.3) is 6.08 Å². The van der Waals surface area contributed by atoms with Crippen molar-refractivity contribution in [2.75, 3.05) is 4.90 Å². The van der Waals surface area contributed by atoms with E-state index in [1.807, 2.05) is 60.7 Å². The average Bonchev–Trinajstić information content (AvgIpc) is 2.71. The Morgan fingerprint density at radius 1 is 0.857 bits per heavy atom. The van der Waals surface area contributed by atoms with Gasteiger partial charge in [-0.15, -0.1) is 0 Å². The third kappa shape index (κ3) is 5.10. The Balaban J connectivity index is 1.84. The third-order valence-electron chi connectivity index (χ3n) is 4.15. The molecule has 0 fully saturated rings. The van der Waals surface area contributed by atoms with Gasteiger partial charge in [-0.25, -0.2) is 0 Å². The quantitative estimate of drug-likeness (QED) is 0.500. The average molecular weight is 381 g/mol. The van der Waals surface area contributed by atoms with Crippen molar-refractivity contribution in [1.82, 2.24) is 0 Å². The van der Waals surface area contributed by atoms with Gasteiger partial charge in [-0.1, -0.05) is 60.7 Å². The Bertz CT molecular complexity index is 950. The van der Waals surface area contributed by atoms with Gasteiger partial charge in [0, 0.05) is 11.8 Å². The van der Waals surface area contributed by atoms with Gasteiger partial charge >= 0.3 is 6.18 Å². The summed E-state index contributed by atoms with van der Waals surface area (Å²) in [7, 11) is 0. The molecule has 28 heavy (non-hydrogen) atoms. The lowest BCUT2D eigenvalue weighted by molar-refractivity contribution is -0.137. The Kier molecular flexibility index (Phi) is 5.94. The Morgan fingerprint density at radius 2 is 1.50 bits per heavy atom. The van der Waals surface area contributed by atoms with Gasteiger partial charge in [0.2, 0.25) is 0 Å². The Labute approximate surface area is 161 Å². The molecule has 0 N–H and O–H groups in total. The molecule has 0 aromatic heterocycles. The summed E-state index contributed by atoms with van der Waals surface area (Å²) >= 11 is 0. The molecule has 142 valence electrons. The molecule has 5 heteroatoms. The first-order chi connectivity index (χ1) is 13.4. The molecule has 0 saturated carbocycles. The fourth-order valence-corrected chi connectivity index (χ4v) is 2.75. The number of alkyl halides is 3. The number of hydrogen-bond donors (Lipinski definition) is 0. The SMILES string of the molecule is O=C(C=Cc1cccc(C(F)(F)F)c1)N(Cc1ccccc1)c1ccccc1. The monoisotopic (exact) mass is 381 g/mol. The maximum atomic E-state index is 12.9. The van der Waals surface area contributed by atoms with Crippen molar-refractivity contribution in [3.8, 4) is 0 Å². The zero-order valence-electron chi connectivity index (χ0n) is 14.9. The maximum absolute atomic E-state index is 12.9. The highest BCUT2D eigenvalue weighted by molar-refractivity contribution is 6.03. The third-order valence-corrected chi connectivity index (χ3v) is 4.15.